The molecule has 5 atom stereocenters. The lowest BCUT2D eigenvalue weighted by Gasteiger charge is -2.32. The molecular weight excluding hydrogens is 510 g/mol. The number of rotatable bonds is 14. The summed E-state index contributed by atoms with van der Waals surface area (Å²) in [7, 11) is 0. The smallest absolute Gasteiger partial charge is 0.480 e. The SMILES string of the molecule is CCC(C)C(=O)OC(C)C(C)C(c1ccc(OC(=O)OCC(C)C)c(OC(=O)OCC(C)C)c1)[C@H](N)C(=O)O. The first kappa shape index (κ1) is 33.7. The van der Waals surface area contributed by atoms with Gasteiger partial charge in [0.2, 0.25) is 0 Å². The maximum Gasteiger partial charge on any atom is 0.513 e. The van der Waals surface area contributed by atoms with Crippen molar-refractivity contribution in [2.24, 2.45) is 29.4 Å². The number of nitrogens with two attached hydrogens (primary N) is 1. The van der Waals surface area contributed by atoms with Crippen LogP contribution in [0.5, 0.6) is 11.5 Å². The molecule has 11 nitrogen and oxygen atoms in total. The highest BCUT2D eigenvalue weighted by molar-refractivity contribution is 5.75. The molecule has 0 saturated carbocycles. The zero-order valence-corrected chi connectivity index (χ0v) is 24.1. The molecule has 0 radical (unpaired) electrons. The van der Waals surface area contributed by atoms with Gasteiger partial charge in [-0.25, -0.2) is 9.59 Å². The van der Waals surface area contributed by atoms with Crippen molar-refractivity contribution in [3.8, 4) is 11.5 Å². The van der Waals surface area contributed by atoms with Gasteiger partial charge in [0.25, 0.3) is 0 Å². The molecule has 39 heavy (non-hydrogen) atoms. The lowest BCUT2D eigenvalue weighted by atomic mass is 9.79. The maximum atomic E-state index is 12.4. The van der Waals surface area contributed by atoms with Crippen LogP contribution >= 0.6 is 0 Å². The van der Waals surface area contributed by atoms with Crippen molar-refractivity contribution in [1.29, 1.82) is 0 Å². The zero-order valence-electron chi connectivity index (χ0n) is 24.1. The van der Waals surface area contributed by atoms with E-state index < -0.39 is 48.2 Å². The van der Waals surface area contributed by atoms with Crippen molar-refractivity contribution in [3.63, 3.8) is 0 Å². The van der Waals surface area contributed by atoms with Gasteiger partial charge < -0.3 is 34.5 Å². The summed E-state index contributed by atoms with van der Waals surface area (Å²) in [6.45, 7) is 14.6. The summed E-state index contributed by atoms with van der Waals surface area (Å²) in [6.07, 6.45) is -2.14. The van der Waals surface area contributed by atoms with E-state index in [1.165, 1.54) is 18.2 Å². The number of benzene rings is 1. The third-order valence-corrected chi connectivity index (χ3v) is 6.10. The Morgan fingerprint density at radius 1 is 0.846 bits per heavy atom. The number of ether oxygens (including phenoxy) is 5. The molecule has 1 aromatic carbocycles. The molecule has 0 spiro atoms. The minimum atomic E-state index is -1.40. The molecule has 11 heteroatoms. The molecular formula is C28H43NO10. The van der Waals surface area contributed by atoms with Crippen LogP contribution in [-0.2, 0) is 23.8 Å². The molecule has 3 N–H and O–H groups in total. The first-order chi connectivity index (χ1) is 18.2. The number of hydrogen-bond acceptors (Lipinski definition) is 10. The number of esters is 1. The van der Waals surface area contributed by atoms with Gasteiger partial charge in [-0.05, 0) is 42.9 Å². The van der Waals surface area contributed by atoms with Crippen molar-refractivity contribution >= 4 is 24.2 Å². The second-order valence-corrected chi connectivity index (χ2v) is 10.5. The number of carbonyl (C=O) groups excluding carboxylic acids is 3. The van der Waals surface area contributed by atoms with Gasteiger partial charge in [-0.1, -0.05) is 54.5 Å². The van der Waals surface area contributed by atoms with E-state index in [1.54, 1.807) is 20.8 Å². The predicted octanol–water partition coefficient (Wildman–Crippen LogP) is 5.14. The maximum absolute atomic E-state index is 12.4. The van der Waals surface area contributed by atoms with Crippen LogP contribution in [-0.4, -0.2) is 54.7 Å². The standard InChI is InChI=1S/C28H43NO10/c1-9-17(6)26(32)37-19(8)18(7)23(24(29)25(30)31)20-10-11-21(38-27(33)35-13-15(2)3)22(12-20)39-28(34)36-14-16(4)5/h10-12,15-19,23-24H,9,13-14,29H2,1-8H3,(H,30,31)/t17?,18?,19?,23?,24-/m0/s1. The van der Waals surface area contributed by atoms with Crippen molar-refractivity contribution < 1.29 is 48.0 Å². The van der Waals surface area contributed by atoms with Gasteiger partial charge in [-0.15, -0.1) is 0 Å². The summed E-state index contributed by atoms with van der Waals surface area (Å²) < 4.78 is 26.3. The molecule has 0 bridgehead atoms. The zero-order chi connectivity index (χ0) is 29.9. The van der Waals surface area contributed by atoms with Gasteiger partial charge in [0, 0.05) is 11.8 Å². The molecule has 1 rings (SSSR count). The van der Waals surface area contributed by atoms with Crippen LogP contribution in [0.2, 0.25) is 0 Å². The van der Waals surface area contributed by atoms with Crippen LogP contribution in [0.1, 0.15) is 73.3 Å². The van der Waals surface area contributed by atoms with Gasteiger partial charge >= 0.3 is 24.2 Å². The molecule has 220 valence electrons. The van der Waals surface area contributed by atoms with Crippen molar-refractivity contribution in [2.45, 2.75) is 79.9 Å². The first-order valence-corrected chi connectivity index (χ1v) is 13.2. The topological polar surface area (TPSA) is 161 Å². The summed E-state index contributed by atoms with van der Waals surface area (Å²) in [5.74, 6) is -3.66. The van der Waals surface area contributed by atoms with E-state index in [9.17, 15) is 24.3 Å². The quantitative estimate of drug-likeness (QED) is 0.178. The Morgan fingerprint density at radius 2 is 1.36 bits per heavy atom. The third-order valence-electron chi connectivity index (χ3n) is 6.10. The normalized spacial score (nSPS) is 15.1. The number of carboxylic acids is 1. The first-order valence-electron chi connectivity index (χ1n) is 13.2. The average molecular weight is 554 g/mol. The van der Waals surface area contributed by atoms with Gasteiger partial charge in [-0.3, -0.25) is 9.59 Å². The minimum absolute atomic E-state index is 0.0454. The highest BCUT2D eigenvalue weighted by atomic mass is 16.7. The predicted molar refractivity (Wildman–Crippen MR) is 143 cm³/mol. The van der Waals surface area contributed by atoms with E-state index in [-0.39, 0.29) is 42.5 Å². The fourth-order valence-corrected chi connectivity index (χ4v) is 3.46. The lowest BCUT2D eigenvalue weighted by Crippen LogP contribution is -2.43. The van der Waals surface area contributed by atoms with E-state index in [0.29, 0.717) is 12.0 Å². The highest BCUT2D eigenvalue weighted by Gasteiger charge is 2.36. The van der Waals surface area contributed by atoms with Crippen molar-refractivity contribution in [2.75, 3.05) is 13.2 Å². The van der Waals surface area contributed by atoms with Crippen LogP contribution in [0.4, 0.5) is 9.59 Å². The van der Waals surface area contributed by atoms with Gasteiger partial charge in [0.1, 0.15) is 12.1 Å². The van der Waals surface area contributed by atoms with E-state index in [0.717, 1.165) is 0 Å². The van der Waals surface area contributed by atoms with Crippen LogP contribution in [0.3, 0.4) is 0 Å². The molecule has 0 aromatic heterocycles. The molecule has 0 fully saturated rings. The van der Waals surface area contributed by atoms with E-state index >= 15 is 0 Å². The largest absolute Gasteiger partial charge is 0.513 e. The van der Waals surface area contributed by atoms with E-state index in [2.05, 4.69) is 0 Å². The summed E-state index contributed by atoms with van der Waals surface area (Å²) in [5.41, 5.74) is 6.45. The summed E-state index contributed by atoms with van der Waals surface area (Å²) in [5, 5.41) is 9.74. The van der Waals surface area contributed by atoms with Gasteiger partial charge in [0.15, 0.2) is 11.5 Å². The molecule has 0 aliphatic heterocycles. The average Bonchev–Trinajstić information content (AvgIpc) is 2.86. The second kappa shape index (κ2) is 15.9. The molecule has 4 unspecified atom stereocenters. The van der Waals surface area contributed by atoms with Gasteiger partial charge in [0.05, 0.1) is 19.1 Å². The molecule has 0 amide bonds. The summed E-state index contributed by atoms with van der Waals surface area (Å²) in [4.78, 5) is 48.9. The van der Waals surface area contributed by atoms with Crippen LogP contribution in [0.25, 0.3) is 0 Å². The molecule has 0 aliphatic rings. The third kappa shape index (κ3) is 11.1. The molecule has 0 saturated heterocycles. The Balaban J connectivity index is 3.42. The Labute approximate surface area is 230 Å². The van der Waals surface area contributed by atoms with E-state index in [4.69, 9.17) is 29.4 Å². The number of aliphatic carboxylic acids is 1. The van der Waals surface area contributed by atoms with Crippen LogP contribution in [0, 0.1) is 23.7 Å². The Bertz CT molecular complexity index is 977. The Morgan fingerprint density at radius 3 is 1.82 bits per heavy atom. The minimum Gasteiger partial charge on any atom is -0.480 e. The van der Waals surface area contributed by atoms with Crippen molar-refractivity contribution in [1.82, 2.24) is 0 Å². The summed E-state index contributed by atoms with van der Waals surface area (Å²) in [6, 6.07) is 2.81. The van der Waals surface area contributed by atoms with E-state index in [1.807, 2.05) is 34.6 Å². The number of carbonyl (C=O) groups is 4. The summed E-state index contributed by atoms with van der Waals surface area (Å²) >= 11 is 0. The molecule has 0 aliphatic carbocycles. The fraction of sp³-hybridized carbons (Fsp3) is 0.643. The molecule has 1 aromatic rings. The molecule has 0 heterocycles. The fourth-order valence-electron chi connectivity index (χ4n) is 3.46. The Kier molecular flexibility index (Phi) is 13.8. The number of hydrogen-bond donors (Lipinski definition) is 2. The Hall–Kier alpha value is -3.34. The lowest BCUT2D eigenvalue weighted by molar-refractivity contribution is -0.155. The number of carboxylic acid groups (broad SMARTS) is 1. The second-order valence-electron chi connectivity index (χ2n) is 10.5. The van der Waals surface area contributed by atoms with Crippen LogP contribution < -0.4 is 15.2 Å². The monoisotopic (exact) mass is 553 g/mol. The van der Waals surface area contributed by atoms with Crippen molar-refractivity contribution in [3.05, 3.63) is 23.8 Å². The highest BCUT2D eigenvalue weighted by Crippen LogP contribution is 2.37. The van der Waals surface area contributed by atoms with Gasteiger partial charge in [-0.2, -0.15) is 0 Å². The van der Waals surface area contributed by atoms with Crippen LogP contribution in [0.15, 0.2) is 18.2 Å².